The summed E-state index contributed by atoms with van der Waals surface area (Å²) >= 11 is 2.08. The smallest absolute Gasteiger partial charge is 0.0701 e. The molecule has 2 saturated heterocycles. The minimum atomic E-state index is -0.0575. The largest absolute Gasteiger partial charge is 0.375 e. The number of thioether (sulfide) groups is 1. The lowest BCUT2D eigenvalue weighted by Gasteiger charge is -2.45. The molecule has 2 rings (SSSR count). The van der Waals surface area contributed by atoms with E-state index in [2.05, 4.69) is 44.8 Å². The van der Waals surface area contributed by atoms with Gasteiger partial charge in [0.25, 0.3) is 0 Å². The summed E-state index contributed by atoms with van der Waals surface area (Å²) in [6.45, 7) is 11.4. The molecule has 2 atom stereocenters. The Bertz CT molecular complexity index is 305. The fourth-order valence-corrected chi connectivity index (χ4v) is 4.70. The van der Waals surface area contributed by atoms with Crippen LogP contribution in [0.5, 0.6) is 0 Å². The topological polar surface area (TPSA) is 30.5 Å². The molecule has 0 aromatic carbocycles. The predicted molar refractivity (Wildman–Crippen MR) is 91.1 cm³/mol. The van der Waals surface area contributed by atoms with E-state index in [4.69, 9.17) is 9.47 Å². The fraction of sp³-hybridized carbons (Fsp3) is 1.00. The van der Waals surface area contributed by atoms with Crippen molar-refractivity contribution in [3.8, 4) is 0 Å². The van der Waals surface area contributed by atoms with Gasteiger partial charge in [0.1, 0.15) is 0 Å². The molecular weight excluding hydrogens is 282 g/mol. The van der Waals surface area contributed by atoms with Gasteiger partial charge < -0.3 is 14.8 Å². The van der Waals surface area contributed by atoms with Gasteiger partial charge in [-0.05, 0) is 70.4 Å². The molecule has 0 aromatic heterocycles. The molecule has 0 amide bonds. The summed E-state index contributed by atoms with van der Waals surface area (Å²) in [6.07, 6.45) is 4.83. The highest BCUT2D eigenvalue weighted by Crippen LogP contribution is 2.40. The van der Waals surface area contributed by atoms with Crippen molar-refractivity contribution in [3.63, 3.8) is 0 Å². The van der Waals surface area contributed by atoms with E-state index >= 15 is 0 Å². The molecule has 3 nitrogen and oxygen atoms in total. The SMILES string of the molecule is CCNC(COC(C)(C)C)C1CCOC2(CCSCC2)C1. The molecular formula is C17H33NO2S. The Morgan fingerprint density at radius 3 is 2.67 bits per heavy atom. The van der Waals surface area contributed by atoms with Gasteiger partial charge in [0.05, 0.1) is 17.8 Å². The van der Waals surface area contributed by atoms with E-state index in [-0.39, 0.29) is 11.2 Å². The molecule has 2 aliphatic heterocycles. The third kappa shape index (κ3) is 5.42. The quantitative estimate of drug-likeness (QED) is 0.841. The van der Waals surface area contributed by atoms with E-state index < -0.39 is 0 Å². The number of hydrogen-bond donors (Lipinski definition) is 1. The molecule has 1 spiro atoms. The van der Waals surface area contributed by atoms with Gasteiger partial charge in [0.2, 0.25) is 0 Å². The minimum absolute atomic E-state index is 0.0575. The van der Waals surface area contributed by atoms with E-state index in [1.165, 1.54) is 37.2 Å². The summed E-state index contributed by atoms with van der Waals surface area (Å²) in [4.78, 5) is 0. The van der Waals surface area contributed by atoms with Crippen molar-refractivity contribution in [1.82, 2.24) is 5.32 Å². The van der Waals surface area contributed by atoms with Crippen molar-refractivity contribution in [1.29, 1.82) is 0 Å². The molecule has 0 aliphatic carbocycles. The normalized spacial score (nSPS) is 27.7. The van der Waals surface area contributed by atoms with E-state index in [0.717, 1.165) is 19.8 Å². The molecule has 2 unspecified atom stereocenters. The second kappa shape index (κ2) is 7.67. The molecule has 0 bridgehead atoms. The molecule has 0 aromatic rings. The lowest BCUT2D eigenvalue weighted by atomic mass is 9.78. The molecule has 2 aliphatic rings. The zero-order chi connectivity index (χ0) is 15.3. The van der Waals surface area contributed by atoms with Crippen LogP contribution in [0.15, 0.2) is 0 Å². The first-order valence-corrected chi connectivity index (χ1v) is 9.69. The first-order chi connectivity index (χ1) is 9.94. The Balaban J connectivity index is 1.95. The van der Waals surface area contributed by atoms with E-state index in [9.17, 15) is 0 Å². The summed E-state index contributed by atoms with van der Waals surface area (Å²) in [7, 11) is 0. The van der Waals surface area contributed by atoms with Gasteiger partial charge in [-0.2, -0.15) is 11.8 Å². The van der Waals surface area contributed by atoms with Crippen molar-refractivity contribution in [2.75, 3.05) is 31.3 Å². The van der Waals surface area contributed by atoms with Crippen LogP contribution in [0.3, 0.4) is 0 Å². The highest BCUT2D eigenvalue weighted by molar-refractivity contribution is 7.99. The summed E-state index contributed by atoms with van der Waals surface area (Å²) in [5, 5.41) is 3.66. The van der Waals surface area contributed by atoms with Crippen LogP contribution >= 0.6 is 11.8 Å². The third-order valence-corrected chi connectivity index (χ3v) is 5.65. The van der Waals surface area contributed by atoms with E-state index in [1.54, 1.807) is 0 Å². The third-order valence-electron chi connectivity index (χ3n) is 4.67. The van der Waals surface area contributed by atoms with Crippen LogP contribution in [0.2, 0.25) is 0 Å². The lowest BCUT2D eigenvalue weighted by molar-refractivity contribution is -0.114. The number of nitrogens with one attached hydrogen (secondary N) is 1. The van der Waals surface area contributed by atoms with Gasteiger partial charge in [0.15, 0.2) is 0 Å². The highest BCUT2D eigenvalue weighted by atomic mass is 32.2. The maximum atomic E-state index is 6.23. The maximum Gasteiger partial charge on any atom is 0.0701 e. The predicted octanol–water partition coefficient (Wildman–Crippen LogP) is 3.47. The first kappa shape index (κ1) is 17.6. The highest BCUT2D eigenvalue weighted by Gasteiger charge is 2.41. The summed E-state index contributed by atoms with van der Waals surface area (Å²) in [5.41, 5.74) is 0.113. The summed E-state index contributed by atoms with van der Waals surface area (Å²) in [6, 6.07) is 0.463. The van der Waals surface area contributed by atoms with Crippen LogP contribution in [-0.2, 0) is 9.47 Å². The van der Waals surface area contributed by atoms with Crippen LogP contribution in [0.1, 0.15) is 53.4 Å². The van der Waals surface area contributed by atoms with Crippen molar-refractivity contribution in [2.24, 2.45) is 5.92 Å². The Hall–Kier alpha value is 0.230. The van der Waals surface area contributed by atoms with Crippen LogP contribution in [0.4, 0.5) is 0 Å². The number of rotatable bonds is 5. The molecule has 2 fully saturated rings. The summed E-state index contributed by atoms with van der Waals surface area (Å²) < 4.78 is 12.3. The standard InChI is InChI=1S/C17H33NO2S/c1-5-18-15(13-20-16(2,3)4)14-6-9-19-17(12-14)7-10-21-11-8-17/h14-15,18H,5-13H2,1-4H3. The van der Waals surface area contributed by atoms with Gasteiger partial charge in [-0.1, -0.05) is 6.92 Å². The number of hydrogen-bond acceptors (Lipinski definition) is 4. The Morgan fingerprint density at radius 2 is 2.05 bits per heavy atom. The van der Waals surface area contributed by atoms with Crippen LogP contribution in [0, 0.1) is 5.92 Å². The Kier molecular flexibility index (Phi) is 6.42. The van der Waals surface area contributed by atoms with Crippen LogP contribution in [-0.4, -0.2) is 48.5 Å². The molecule has 2 heterocycles. The molecule has 1 N–H and O–H groups in total. The van der Waals surface area contributed by atoms with Crippen LogP contribution in [0.25, 0.3) is 0 Å². The van der Waals surface area contributed by atoms with Crippen molar-refractivity contribution < 1.29 is 9.47 Å². The molecule has 21 heavy (non-hydrogen) atoms. The second-order valence-electron chi connectivity index (χ2n) is 7.48. The van der Waals surface area contributed by atoms with Crippen molar-refractivity contribution in [3.05, 3.63) is 0 Å². The maximum absolute atomic E-state index is 6.23. The van der Waals surface area contributed by atoms with E-state index in [0.29, 0.717) is 12.0 Å². The zero-order valence-corrected chi connectivity index (χ0v) is 15.1. The van der Waals surface area contributed by atoms with Crippen LogP contribution < -0.4 is 5.32 Å². The fourth-order valence-electron chi connectivity index (χ4n) is 3.46. The van der Waals surface area contributed by atoms with Gasteiger partial charge in [-0.3, -0.25) is 0 Å². The average molecular weight is 316 g/mol. The van der Waals surface area contributed by atoms with Gasteiger partial charge in [-0.15, -0.1) is 0 Å². The van der Waals surface area contributed by atoms with Crippen molar-refractivity contribution >= 4 is 11.8 Å². The zero-order valence-electron chi connectivity index (χ0n) is 14.2. The minimum Gasteiger partial charge on any atom is -0.375 e. The Morgan fingerprint density at radius 1 is 1.33 bits per heavy atom. The first-order valence-electron chi connectivity index (χ1n) is 8.53. The lowest BCUT2D eigenvalue weighted by Crippen LogP contribution is -2.50. The number of likely N-dealkylation sites (N-methyl/N-ethyl adjacent to an activating group) is 1. The van der Waals surface area contributed by atoms with Crippen molar-refractivity contribution in [2.45, 2.75) is 70.6 Å². The average Bonchev–Trinajstić information content (AvgIpc) is 2.43. The number of ether oxygens (including phenoxy) is 2. The van der Waals surface area contributed by atoms with Gasteiger partial charge in [0, 0.05) is 12.6 Å². The Labute approximate surface area is 134 Å². The summed E-state index contributed by atoms with van der Waals surface area (Å²) in [5.74, 6) is 3.21. The van der Waals surface area contributed by atoms with Gasteiger partial charge in [-0.25, -0.2) is 0 Å². The molecule has 0 radical (unpaired) electrons. The van der Waals surface area contributed by atoms with Gasteiger partial charge >= 0.3 is 0 Å². The molecule has 4 heteroatoms. The van der Waals surface area contributed by atoms with E-state index in [1.807, 2.05) is 0 Å². The second-order valence-corrected chi connectivity index (χ2v) is 8.71. The molecule has 0 saturated carbocycles. The monoisotopic (exact) mass is 315 g/mol. The molecule has 124 valence electrons.